The third-order valence-corrected chi connectivity index (χ3v) is 3.43. The van der Waals surface area contributed by atoms with Crippen LogP contribution in [0.5, 0.6) is 17.5 Å². The number of alkyl halides is 9. The maximum atomic E-state index is 12.4. The molecule has 1 aromatic heterocycles. The third kappa shape index (κ3) is 9.63. The Bertz CT molecular complexity index is 959. The molecule has 188 valence electrons. The SMILES string of the molecule is O=C(Nc1ccc(OC(F)(F)F)cc1)Nc1nc(OCC(F)(F)F)c(Cl)c(OCC(F)(F)F)n1. The summed E-state index contributed by atoms with van der Waals surface area (Å²) in [7, 11) is 0. The van der Waals surface area contributed by atoms with E-state index >= 15 is 0 Å². The van der Waals surface area contributed by atoms with Gasteiger partial charge in [-0.15, -0.1) is 13.2 Å². The molecule has 1 aromatic carbocycles. The van der Waals surface area contributed by atoms with E-state index in [2.05, 4.69) is 29.5 Å². The Hall–Kier alpha value is -3.37. The van der Waals surface area contributed by atoms with Crippen molar-refractivity contribution in [1.82, 2.24) is 9.97 Å². The van der Waals surface area contributed by atoms with Crippen molar-refractivity contribution in [3.8, 4) is 17.5 Å². The Morgan fingerprint density at radius 1 is 0.824 bits per heavy atom. The van der Waals surface area contributed by atoms with Crippen LogP contribution in [0.4, 0.5) is 55.9 Å². The quantitative estimate of drug-likeness (QED) is 0.457. The highest BCUT2D eigenvalue weighted by Gasteiger charge is 2.32. The summed E-state index contributed by atoms with van der Waals surface area (Å²) in [6.45, 7) is -3.86. The Morgan fingerprint density at radius 3 is 1.71 bits per heavy atom. The van der Waals surface area contributed by atoms with Crippen LogP contribution >= 0.6 is 11.6 Å². The van der Waals surface area contributed by atoms with E-state index in [1.165, 1.54) is 0 Å². The van der Waals surface area contributed by atoms with E-state index in [0.717, 1.165) is 24.3 Å². The number of urea groups is 1. The van der Waals surface area contributed by atoms with Gasteiger partial charge in [0.05, 0.1) is 0 Å². The zero-order valence-electron chi connectivity index (χ0n) is 16.0. The molecule has 0 bridgehead atoms. The molecule has 0 fully saturated rings. The first kappa shape index (κ1) is 26.9. The van der Waals surface area contributed by atoms with E-state index in [0.29, 0.717) is 0 Å². The zero-order valence-corrected chi connectivity index (χ0v) is 16.8. The van der Waals surface area contributed by atoms with Crippen LogP contribution in [0.1, 0.15) is 0 Å². The highest BCUT2D eigenvalue weighted by atomic mass is 35.5. The first-order chi connectivity index (χ1) is 15.5. The van der Waals surface area contributed by atoms with Gasteiger partial charge in [-0.25, -0.2) is 4.79 Å². The van der Waals surface area contributed by atoms with Crippen molar-refractivity contribution >= 4 is 29.3 Å². The van der Waals surface area contributed by atoms with Gasteiger partial charge in [0.2, 0.25) is 17.7 Å². The van der Waals surface area contributed by atoms with Gasteiger partial charge in [0.1, 0.15) is 5.75 Å². The topological polar surface area (TPSA) is 94.6 Å². The minimum atomic E-state index is -4.95. The number of anilines is 2. The Kier molecular flexibility index (Phi) is 8.12. The van der Waals surface area contributed by atoms with Crippen molar-refractivity contribution in [1.29, 1.82) is 0 Å². The number of ether oxygens (including phenoxy) is 3. The maximum absolute atomic E-state index is 12.4. The molecule has 0 aliphatic heterocycles. The van der Waals surface area contributed by atoms with Crippen LogP contribution in [0.25, 0.3) is 0 Å². The average molecular weight is 529 g/mol. The minimum absolute atomic E-state index is 0.0805. The summed E-state index contributed by atoms with van der Waals surface area (Å²) < 4.78 is 123. The van der Waals surface area contributed by atoms with Crippen LogP contribution in [0.2, 0.25) is 5.02 Å². The van der Waals surface area contributed by atoms with Gasteiger partial charge in [-0.2, -0.15) is 36.3 Å². The number of amides is 2. The predicted octanol–water partition coefficient (Wildman–Crippen LogP) is 5.55. The smallest absolute Gasteiger partial charge is 0.467 e. The van der Waals surface area contributed by atoms with Crippen LogP contribution in [0, 0.1) is 0 Å². The second-order valence-corrected chi connectivity index (χ2v) is 6.31. The van der Waals surface area contributed by atoms with Gasteiger partial charge in [0.25, 0.3) is 0 Å². The molecule has 0 radical (unpaired) electrons. The monoisotopic (exact) mass is 528 g/mol. The zero-order chi connectivity index (χ0) is 25.7. The number of carbonyl (C=O) groups is 1. The summed E-state index contributed by atoms with van der Waals surface area (Å²) in [4.78, 5) is 18.8. The van der Waals surface area contributed by atoms with E-state index in [1.54, 1.807) is 0 Å². The fraction of sp³-hybridized carbons (Fsp3) is 0.312. The van der Waals surface area contributed by atoms with Gasteiger partial charge in [-0.05, 0) is 24.3 Å². The lowest BCUT2D eigenvalue weighted by Gasteiger charge is -2.15. The standard InChI is InChI=1S/C16H10ClF9N4O4/c17-9-10(32-5-14(18,19)20)28-12(29-11(9)33-6-15(21,22)23)30-13(31)27-7-1-3-8(4-2-7)34-16(24,25)26/h1-4H,5-6H2,(H2,27,28,29,30,31). The maximum Gasteiger partial charge on any atom is 0.573 e. The first-order valence-electron chi connectivity index (χ1n) is 8.41. The largest absolute Gasteiger partial charge is 0.573 e. The van der Waals surface area contributed by atoms with Crippen LogP contribution in [0.3, 0.4) is 0 Å². The Morgan fingerprint density at radius 2 is 1.29 bits per heavy atom. The van der Waals surface area contributed by atoms with E-state index in [4.69, 9.17) is 11.6 Å². The lowest BCUT2D eigenvalue weighted by molar-refractivity contribution is -0.274. The molecule has 8 nitrogen and oxygen atoms in total. The predicted molar refractivity (Wildman–Crippen MR) is 95.9 cm³/mol. The van der Waals surface area contributed by atoms with E-state index in [9.17, 15) is 44.3 Å². The number of halogens is 10. The summed E-state index contributed by atoms with van der Waals surface area (Å²) in [5.74, 6) is -3.56. The molecule has 0 unspecified atom stereocenters. The van der Waals surface area contributed by atoms with Gasteiger partial charge >= 0.3 is 24.7 Å². The third-order valence-electron chi connectivity index (χ3n) is 3.11. The van der Waals surface area contributed by atoms with Crippen molar-refractivity contribution in [2.24, 2.45) is 0 Å². The number of benzene rings is 1. The summed E-state index contributed by atoms with van der Waals surface area (Å²) in [6, 6.07) is 2.52. The fourth-order valence-electron chi connectivity index (χ4n) is 1.96. The van der Waals surface area contributed by atoms with Gasteiger partial charge < -0.3 is 19.5 Å². The molecular formula is C16H10ClF9N4O4. The highest BCUT2D eigenvalue weighted by Crippen LogP contribution is 2.34. The van der Waals surface area contributed by atoms with Crippen LogP contribution in [-0.2, 0) is 0 Å². The van der Waals surface area contributed by atoms with Crippen molar-refractivity contribution in [3.05, 3.63) is 29.3 Å². The Balaban J connectivity index is 2.17. The summed E-state index contributed by atoms with van der Waals surface area (Å²) >= 11 is 5.64. The molecule has 0 spiro atoms. The number of nitrogens with one attached hydrogen (secondary N) is 2. The van der Waals surface area contributed by atoms with Gasteiger partial charge in [-0.3, -0.25) is 5.32 Å². The molecule has 2 N–H and O–H groups in total. The van der Waals surface area contributed by atoms with Crippen LogP contribution in [-0.4, -0.2) is 47.9 Å². The second kappa shape index (κ2) is 10.3. The summed E-state index contributed by atoms with van der Waals surface area (Å²) in [5, 5.41) is 3.06. The minimum Gasteiger partial charge on any atom is -0.467 e. The lowest BCUT2D eigenvalue weighted by atomic mass is 10.3. The molecule has 0 saturated carbocycles. The molecule has 34 heavy (non-hydrogen) atoms. The van der Waals surface area contributed by atoms with Gasteiger partial charge in [0, 0.05) is 5.69 Å². The molecule has 2 amide bonds. The average Bonchev–Trinajstić information content (AvgIpc) is 2.66. The molecule has 0 saturated heterocycles. The van der Waals surface area contributed by atoms with Crippen molar-refractivity contribution in [2.75, 3.05) is 23.8 Å². The molecule has 18 heteroatoms. The molecule has 0 atom stereocenters. The van der Waals surface area contributed by atoms with Crippen molar-refractivity contribution in [3.63, 3.8) is 0 Å². The molecular weight excluding hydrogens is 519 g/mol. The van der Waals surface area contributed by atoms with E-state index in [1.807, 2.05) is 5.32 Å². The van der Waals surface area contributed by atoms with Crippen LogP contribution in [0.15, 0.2) is 24.3 Å². The van der Waals surface area contributed by atoms with Crippen molar-refractivity contribution < 1.29 is 58.5 Å². The molecule has 0 aliphatic carbocycles. The van der Waals surface area contributed by atoms with Gasteiger partial charge in [0.15, 0.2) is 18.2 Å². The van der Waals surface area contributed by atoms with Gasteiger partial charge in [-0.1, -0.05) is 11.6 Å². The summed E-state index contributed by atoms with van der Waals surface area (Å²) in [5.41, 5.74) is -0.0805. The molecule has 2 rings (SSSR count). The number of hydrogen-bond acceptors (Lipinski definition) is 6. The first-order valence-corrected chi connectivity index (χ1v) is 8.79. The van der Waals surface area contributed by atoms with Crippen LogP contribution < -0.4 is 24.8 Å². The highest BCUT2D eigenvalue weighted by molar-refractivity contribution is 6.33. The lowest BCUT2D eigenvalue weighted by Crippen LogP contribution is -2.24. The van der Waals surface area contributed by atoms with Crippen molar-refractivity contribution in [2.45, 2.75) is 18.7 Å². The number of nitrogens with zero attached hydrogens (tertiary/aromatic N) is 2. The number of aromatic nitrogens is 2. The molecule has 0 aliphatic rings. The second-order valence-electron chi connectivity index (χ2n) is 5.93. The number of rotatable bonds is 7. The van der Waals surface area contributed by atoms with E-state index < -0.39 is 66.4 Å². The fourth-order valence-corrected chi connectivity index (χ4v) is 2.15. The number of carbonyl (C=O) groups excluding carboxylic acids is 1. The molecule has 1 heterocycles. The van der Waals surface area contributed by atoms with E-state index in [-0.39, 0.29) is 5.69 Å². The number of hydrogen-bond donors (Lipinski definition) is 2. The molecule has 2 aromatic rings. The normalized spacial score (nSPS) is 12.2. The summed E-state index contributed by atoms with van der Waals surface area (Å²) in [6.07, 6.45) is -14.7. The Labute approximate surface area is 188 Å².